The molecule has 0 amide bonds. The Morgan fingerprint density at radius 2 is 0.947 bits per heavy atom. The summed E-state index contributed by atoms with van der Waals surface area (Å²) >= 11 is 1.56. The highest BCUT2D eigenvalue weighted by Crippen LogP contribution is 2.28. The van der Waals surface area contributed by atoms with E-state index in [2.05, 4.69) is 0 Å². The first kappa shape index (κ1) is 13.7. The normalized spacial score (nSPS) is 10.7. The van der Waals surface area contributed by atoms with E-state index in [1.54, 1.807) is 39.5 Å². The van der Waals surface area contributed by atoms with Crippen LogP contribution in [-0.2, 0) is 0 Å². The molecule has 2 rings (SSSR count). The summed E-state index contributed by atoms with van der Waals surface area (Å²) in [6.07, 6.45) is 0. The lowest BCUT2D eigenvalue weighted by Crippen LogP contribution is -2.33. The standard InChI is InChI=1S/C14H16N2O2S/c1-9-5-13(6-10(2)15(9)17)19-14-7-11(3)16(18)12(4)8-14/h5-8H,1-4H3. The minimum Gasteiger partial charge on any atom is -0.618 e. The molecule has 0 saturated heterocycles. The van der Waals surface area contributed by atoms with E-state index >= 15 is 0 Å². The van der Waals surface area contributed by atoms with E-state index in [0.717, 1.165) is 19.3 Å². The number of rotatable bonds is 2. The molecule has 19 heavy (non-hydrogen) atoms. The van der Waals surface area contributed by atoms with Gasteiger partial charge in [0.05, 0.1) is 0 Å². The van der Waals surface area contributed by atoms with E-state index in [9.17, 15) is 10.4 Å². The predicted molar refractivity (Wildman–Crippen MR) is 73.9 cm³/mol. The number of hydrogen-bond acceptors (Lipinski definition) is 3. The van der Waals surface area contributed by atoms with Gasteiger partial charge in [-0.05, 0) is 0 Å². The van der Waals surface area contributed by atoms with Gasteiger partial charge in [-0.25, -0.2) is 0 Å². The first-order chi connectivity index (χ1) is 8.88. The van der Waals surface area contributed by atoms with Gasteiger partial charge in [0.25, 0.3) is 0 Å². The number of hydrogen-bond donors (Lipinski definition) is 0. The van der Waals surface area contributed by atoms with E-state index in [1.807, 2.05) is 24.3 Å². The maximum Gasteiger partial charge on any atom is 0.191 e. The molecule has 0 saturated carbocycles. The molecule has 0 N–H and O–H groups in total. The van der Waals surface area contributed by atoms with Gasteiger partial charge in [0, 0.05) is 61.8 Å². The van der Waals surface area contributed by atoms with Crippen molar-refractivity contribution in [3.8, 4) is 0 Å². The molecule has 0 aromatic carbocycles. The molecule has 0 atom stereocenters. The van der Waals surface area contributed by atoms with E-state index in [1.165, 1.54) is 0 Å². The van der Waals surface area contributed by atoms with Crippen LogP contribution < -0.4 is 9.46 Å². The highest BCUT2D eigenvalue weighted by atomic mass is 32.2. The highest BCUT2D eigenvalue weighted by Gasteiger charge is 2.11. The second kappa shape index (κ2) is 5.09. The monoisotopic (exact) mass is 276 g/mol. The molecule has 2 heterocycles. The van der Waals surface area contributed by atoms with Gasteiger partial charge in [-0.15, -0.1) is 0 Å². The lowest BCUT2D eigenvalue weighted by molar-refractivity contribution is -0.619. The van der Waals surface area contributed by atoms with Gasteiger partial charge in [-0.1, -0.05) is 11.8 Å². The predicted octanol–water partition coefficient (Wildman–Crippen LogP) is 2.34. The van der Waals surface area contributed by atoms with Crippen LogP contribution in [0.3, 0.4) is 0 Å². The smallest absolute Gasteiger partial charge is 0.191 e. The van der Waals surface area contributed by atoms with Crippen LogP contribution in [0, 0.1) is 38.1 Å². The summed E-state index contributed by atoms with van der Waals surface area (Å²) in [6.45, 7) is 7.16. The van der Waals surface area contributed by atoms with Crippen LogP contribution >= 0.6 is 11.8 Å². The zero-order valence-electron chi connectivity index (χ0n) is 11.4. The maximum absolute atomic E-state index is 11.6. The van der Waals surface area contributed by atoms with Crippen LogP contribution in [0.25, 0.3) is 0 Å². The Labute approximate surface area is 116 Å². The molecular weight excluding hydrogens is 260 g/mol. The van der Waals surface area contributed by atoms with E-state index in [0.29, 0.717) is 22.8 Å². The molecule has 2 aromatic rings. The SMILES string of the molecule is Cc1cc(Sc2cc(C)[n+]([O-])c(C)c2)cc(C)[n+]1[O-]. The molecule has 0 unspecified atom stereocenters. The van der Waals surface area contributed by atoms with Crippen molar-refractivity contribution in [1.82, 2.24) is 0 Å². The fourth-order valence-corrected chi connectivity index (χ4v) is 3.14. The Morgan fingerprint density at radius 1 is 0.684 bits per heavy atom. The molecule has 0 aliphatic rings. The average Bonchev–Trinajstić information content (AvgIpc) is 2.33. The summed E-state index contributed by atoms with van der Waals surface area (Å²) in [5.74, 6) is 0. The first-order valence-corrected chi connectivity index (χ1v) is 6.79. The van der Waals surface area contributed by atoms with Crippen molar-refractivity contribution in [3.63, 3.8) is 0 Å². The molecule has 100 valence electrons. The lowest BCUT2D eigenvalue weighted by atomic mass is 10.3. The molecule has 2 aromatic heterocycles. The van der Waals surface area contributed by atoms with Crippen molar-refractivity contribution in [3.05, 3.63) is 57.5 Å². The van der Waals surface area contributed by atoms with Crippen LogP contribution in [0.2, 0.25) is 0 Å². The van der Waals surface area contributed by atoms with Crippen molar-refractivity contribution in [2.45, 2.75) is 37.5 Å². The Kier molecular flexibility index (Phi) is 3.66. The minimum atomic E-state index is 0.672. The number of nitrogens with zero attached hydrogens (tertiary/aromatic N) is 2. The van der Waals surface area contributed by atoms with Crippen molar-refractivity contribution in [2.24, 2.45) is 0 Å². The summed E-state index contributed by atoms with van der Waals surface area (Å²) < 4.78 is 1.83. The van der Waals surface area contributed by atoms with Gasteiger partial charge in [0.1, 0.15) is 0 Å². The van der Waals surface area contributed by atoms with Crippen LogP contribution in [0.1, 0.15) is 22.8 Å². The van der Waals surface area contributed by atoms with Gasteiger partial charge in [0.2, 0.25) is 0 Å². The Balaban J connectivity index is 2.36. The zero-order valence-corrected chi connectivity index (χ0v) is 12.2. The molecule has 0 radical (unpaired) electrons. The van der Waals surface area contributed by atoms with Crippen LogP contribution in [0.5, 0.6) is 0 Å². The third-order valence-electron chi connectivity index (χ3n) is 2.92. The van der Waals surface area contributed by atoms with Crippen molar-refractivity contribution in [2.75, 3.05) is 0 Å². The van der Waals surface area contributed by atoms with Crippen LogP contribution in [0.15, 0.2) is 34.1 Å². The molecule has 0 aliphatic heterocycles. The van der Waals surface area contributed by atoms with E-state index in [-0.39, 0.29) is 0 Å². The number of aryl methyl sites for hydroxylation is 4. The third kappa shape index (κ3) is 2.81. The largest absolute Gasteiger partial charge is 0.618 e. The summed E-state index contributed by atoms with van der Waals surface area (Å²) in [7, 11) is 0. The molecule has 4 nitrogen and oxygen atoms in total. The first-order valence-electron chi connectivity index (χ1n) is 5.98. The summed E-state index contributed by atoms with van der Waals surface area (Å²) in [5, 5.41) is 23.2. The quantitative estimate of drug-likeness (QED) is 0.625. The Morgan fingerprint density at radius 3 is 1.21 bits per heavy atom. The molecule has 5 heteroatoms. The average molecular weight is 276 g/mol. The van der Waals surface area contributed by atoms with E-state index in [4.69, 9.17) is 0 Å². The van der Waals surface area contributed by atoms with Gasteiger partial charge < -0.3 is 10.4 Å². The molecule has 0 spiro atoms. The topological polar surface area (TPSA) is 53.9 Å². The van der Waals surface area contributed by atoms with E-state index < -0.39 is 0 Å². The second-order valence-electron chi connectivity index (χ2n) is 4.64. The zero-order chi connectivity index (χ0) is 14.2. The highest BCUT2D eigenvalue weighted by molar-refractivity contribution is 7.99. The van der Waals surface area contributed by atoms with Gasteiger partial charge in [-0.2, -0.15) is 9.46 Å². The van der Waals surface area contributed by atoms with Crippen molar-refractivity contribution >= 4 is 11.8 Å². The van der Waals surface area contributed by atoms with Gasteiger partial charge >= 0.3 is 0 Å². The van der Waals surface area contributed by atoms with Crippen LogP contribution in [-0.4, -0.2) is 0 Å². The Bertz CT molecular complexity index is 540. The summed E-state index contributed by atoms with van der Waals surface area (Å²) in [6, 6.07) is 7.42. The second-order valence-corrected chi connectivity index (χ2v) is 5.79. The number of pyridine rings is 2. The Hall–Kier alpha value is -1.75. The fourth-order valence-electron chi connectivity index (χ4n) is 1.95. The molecular formula is C14H16N2O2S. The van der Waals surface area contributed by atoms with Crippen molar-refractivity contribution < 1.29 is 9.46 Å². The van der Waals surface area contributed by atoms with Crippen LogP contribution in [0.4, 0.5) is 0 Å². The van der Waals surface area contributed by atoms with Crippen molar-refractivity contribution in [1.29, 1.82) is 0 Å². The maximum atomic E-state index is 11.6. The minimum absolute atomic E-state index is 0.672. The van der Waals surface area contributed by atoms with Gasteiger partial charge in [-0.3, -0.25) is 0 Å². The van der Waals surface area contributed by atoms with Gasteiger partial charge in [0.15, 0.2) is 22.8 Å². The summed E-state index contributed by atoms with van der Waals surface area (Å²) in [4.78, 5) is 2.01. The third-order valence-corrected chi connectivity index (χ3v) is 3.86. The summed E-state index contributed by atoms with van der Waals surface area (Å²) in [5.41, 5.74) is 2.69. The number of aromatic nitrogens is 2. The molecule has 0 fully saturated rings. The lowest BCUT2D eigenvalue weighted by Gasteiger charge is -2.09. The molecule has 0 aliphatic carbocycles. The fraction of sp³-hybridized carbons (Fsp3) is 0.286. The molecule has 0 bridgehead atoms.